The molecule has 0 saturated carbocycles. The lowest BCUT2D eigenvalue weighted by Crippen LogP contribution is -2.35. The van der Waals surface area contributed by atoms with Gasteiger partial charge in [-0.15, -0.1) is 0 Å². The summed E-state index contributed by atoms with van der Waals surface area (Å²) in [6.45, 7) is 1.58. The van der Waals surface area contributed by atoms with Gasteiger partial charge >= 0.3 is 0 Å². The van der Waals surface area contributed by atoms with Crippen LogP contribution in [0.2, 0.25) is 0 Å². The van der Waals surface area contributed by atoms with Crippen molar-refractivity contribution in [3.63, 3.8) is 0 Å². The second-order valence-corrected chi connectivity index (χ2v) is 4.66. The molecule has 1 amide bonds. The van der Waals surface area contributed by atoms with Crippen molar-refractivity contribution in [2.24, 2.45) is 0 Å². The molecule has 0 radical (unpaired) electrons. The molecule has 2 N–H and O–H groups in total. The highest BCUT2D eigenvalue weighted by atomic mass is 16.5. The van der Waals surface area contributed by atoms with E-state index < -0.39 is 0 Å². The second-order valence-electron chi connectivity index (χ2n) is 4.66. The molecule has 0 atom stereocenters. The minimum absolute atomic E-state index is 0.0397. The molecule has 19 heavy (non-hydrogen) atoms. The molecule has 0 spiro atoms. The van der Waals surface area contributed by atoms with Gasteiger partial charge in [0.1, 0.15) is 0 Å². The van der Waals surface area contributed by atoms with Gasteiger partial charge < -0.3 is 20.1 Å². The van der Waals surface area contributed by atoms with Gasteiger partial charge in [0.15, 0.2) is 11.5 Å². The number of benzene rings is 1. The van der Waals surface area contributed by atoms with E-state index in [1.807, 2.05) is 4.90 Å². The zero-order valence-electron chi connectivity index (χ0n) is 11.4. The zero-order chi connectivity index (χ0) is 13.8. The maximum atomic E-state index is 12.5. The number of anilines is 1. The fourth-order valence-electron chi connectivity index (χ4n) is 2.41. The maximum absolute atomic E-state index is 12.5. The fourth-order valence-corrected chi connectivity index (χ4v) is 2.41. The molecule has 1 aromatic rings. The normalized spacial score (nSPS) is 15.2. The van der Waals surface area contributed by atoms with Gasteiger partial charge in [0.25, 0.3) is 5.91 Å². The van der Waals surface area contributed by atoms with Crippen molar-refractivity contribution in [2.45, 2.75) is 19.3 Å². The lowest BCUT2D eigenvalue weighted by atomic mass is 10.1. The molecule has 0 unspecified atom stereocenters. The molecule has 5 nitrogen and oxygen atoms in total. The van der Waals surface area contributed by atoms with E-state index in [4.69, 9.17) is 15.2 Å². The van der Waals surface area contributed by atoms with Gasteiger partial charge in [-0.3, -0.25) is 4.79 Å². The van der Waals surface area contributed by atoms with Crippen molar-refractivity contribution in [2.75, 3.05) is 33.0 Å². The highest BCUT2D eigenvalue weighted by molar-refractivity contribution is 5.99. The first-order valence-corrected chi connectivity index (χ1v) is 6.48. The Kier molecular flexibility index (Phi) is 4.14. The summed E-state index contributed by atoms with van der Waals surface area (Å²) < 4.78 is 10.5. The van der Waals surface area contributed by atoms with Crippen LogP contribution in [0, 0.1) is 0 Å². The molecule has 104 valence electrons. The third-order valence-corrected chi connectivity index (χ3v) is 3.37. The Labute approximate surface area is 113 Å². The number of nitrogen functional groups attached to an aromatic ring is 1. The number of carbonyl (C=O) groups excluding carboxylic acids is 1. The van der Waals surface area contributed by atoms with Crippen molar-refractivity contribution in [1.82, 2.24) is 4.90 Å². The Morgan fingerprint density at radius 2 is 1.84 bits per heavy atom. The average molecular weight is 264 g/mol. The van der Waals surface area contributed by atoms with Crippen LogP contribution in [-0.4, -0.2) is 38.1 Å². The SMILES string of the molecule is COc1cc(N)cc(C(=O)N2CCCCC2)c1OC. The number of ether oxygens (including phenoxy) is 2. The number of nitrogens with two attached hydrogens (primary N) is 1. The lowest BCUT2D eigenvalue weighted by molar-refractivity contribution is 0.0720. The van der Waals surface area contributed by atoms with Gasteiger partial charge in [-0.05, 0) is 25.3 Å². The van der Waals surface area contributed by atoms with Crippen molar-refractivity contribution in [3.8, 4) is 11.5 Å². The fraction of sp³-hybridized carbons (Fsp3) is 0.500. The predicted molar refractivity (Wildman–Crippen MR) is 73.7 cm³/mol. The van der Waals surface area contributed by atoms with Crippen LogP contribution in [0.3, 0.4) is 0 Å². The average Bonchev–Trinajstić information content (AvgIpc) is 2.46. The smallest absolute Gasteiger partial charge is 0.257 e. The Morgan fingerprint density at radius 1 is 1.16 bits per heavy atom. The Hall–Kier alpha value is -1.91. The van der Waals surface area contributed by atoms with Crippen molar-refractivity contribution < 1.29 is 14.3 Å². The number of amides is 1. The third kappa shape index (κ3) is 2.75. The number of methoxy groups -OCH3 is 2. The van der Waals surface area contributed by atoms with Crippen LogP contribution >= 0.6 is 0 Å². The van der Waals surface area contributed by atoms with Crippen molar-refractivity contribution >= 4 is 11.6 Å². The highest BCUT2D eigenvalue weighted by Gasteiger charge is 2.24. The largest absolute Gasteiger partial charge is 0.493 e. The van der Waals surface area contributed by atoms with Gasteiger partial charge in [-0.1, -0.05) is 0 Å². The van der Waals surface area contributed by atoms with E-state index in [9.17, 15) is 4.79 Å². The number of likely N-dealkylation sites (tertiary alicyclic amines) is 1. The van der Waals surface area contributed by atoms with Crippen molar-refractivity contribution in [3.05, 3.63) is 17.7 Å². The van der Waals surface area contributed by atoms with E-state index >= 15 is 0 Å². The third-order valence-electron chi connectivity index (χ3n) is 3.37. The van der Waals surface area contributed by atoms with Crippen molar-refractivity contribution in [1.29, 1.82) is 0 Å². The zero-order valence-corrected chi connectivity index (χ0v) is 11.4. The molecule has 1 fully saturated rings. The van der Waals surface area contributed by atoms with Crippen LogP contribution in [0.1, 0.15) is 29.6 Å². The monoisotopic (exact) mass is 264 g/mol. The number of nitrogens with zero attached hydrogens (tertiary/aromatic N) is 1. The van der Waals surface area contributed by atoms with Gasteiger partial charge in [0.2, 0.25) is 0 Å². The minimum Gasteiger partial charge on any atom is -0.493 e. The summed E-state index contributed by atoms with van der Waals surface area (Å²) in [7, 11) is 3.06. The maximum Gasteiger partial charge on any atom is 0.257 e. The minimum atomic E-state index is -0.0397. The van der Waals surface area contributed by atoms with E-state index in [1.54, 1.807) is 12.1 Å². The van der Waals surface area contributed by atoms with E-state index in [0.717, 1.165) is 25.9 Å². The van der Waals surface area contributed by atoms with Gasteiger partial charge in [0.05, 0.1) is 19.8 Å². The predicted octanol–water partition coefficient (Wildman–Crippen LogP) is 1.91. The first kappa shape index (κ1) is 13.5. The lowest BCUT2D eigenvalue weighted by Gasteiger charge is -2.27. The van der Waals surface area contributed by atoms with Crippen LogP contribution in [0.25, 0.3) is 0 Å². The Morgan fingerprint density at radius 3 is 2.42 bits per heavy atom. The van der Waals surface area contributed by atoms with Crippen LogP contribution < -0.4 is 15.2 Å². The summed E-state index contributed by atoms with van der Waals surface area (Å²) in [4.78, 5) is 14.4. The van der Waals surface area contributed by atoms with Crippen LogP contribution in [0.5, 0.6) is 11.5 Å². The second kappa shape index (κ2) is 5.82. The van der Waals surface area contributed by atoms with E-state index in [1.165, 1.54) is 20.6 Å². The van der Waals surface area contributed by atoms with Gasteiger partial charge in [-0.25, -0.2) is 0 Å². The molecular formula is C14H20N2O3. The molecule has 5 heteroatoms. The molecule has 2 rings (SSSR count). The summed E-state index contributed by atoms with van der Waals surface area (Å²) in [5, 5.41) is 0. The summed E-state index contributed by atoms with van der Waals surface area (Å²) >= 11 is 0. The van der Waals surface area contributed by atoms with Gasteiger partial charge in [0, 0.05) is 24.8 Å². The molecule has 1 aromatic carbocycles. The summed E-state index contributed by atoms with van der Waals surface area (Å²) in [6, 6.07) is 3.31. The van der Waals surface area contributed by atoms with Crippen LogP contribution in [0.4, 0.5) is 5.69 Å². The standard InChI is InChI=1S/C14H20N2O3/c1-18-12-9-10(15)8-11(13(12)19-2)14(17)16-6-4-3-5-7-16/h8-9H,3-7,15H2,1-2H3. The molecule has 1 aliphatic heterocycles. The first-order chi connectivity index (χ1) is 9.17. The molecule has 0 bridgehead atoms. The van der Waals surface area contributed by atoms with E-state index in [2.05, 4.69) is 0 Å². The van der Waals surface area contributed by atoms with Crippen LogP contribution in [-0.2, 0) is 0 Å². The highest BCUT2D eigenvalue weighted by Crippen LogP contribution is 2.34. The Balaban J connectivity index is 2.36. The first-order valence-electron chi connectivity index (χ1n) is 6.48. The molecule has 0 aromatic heterocycles. The molecule has 1 heterocycles. The molecule has 1 aliphatic rings. The van der Waals surface area contributed by atoms with Crippen LogP contribution in [0.15, 0.2) is 12.1 Å². The molecule has 0 aliphatic carbocycles. The molecular weight excluding hydrogens is 244 g/mol. The number of hydrogen-bond donors (Lipinski definition) is 1. The summed E-state index contributed by atoms with van der Waals surface area (Å²) in [5.41, 5.74) is 6.79. The number of rotatable bonds is 3. The molecule has 1 saturated heterocycles. The summed E-state index contributed by atoms with van der Waals surface area (Å²) in [6.07, 6.45) is 3.28. The van der Waals surface area contributed by atoms with E-state index in [-0.39, 0.29) is 5.91 Å². The number of carbonyl (C=O) groups is 1. The quantitative estimate of drug-likeness (QED) is 0.847. The number of hydrogen-bond acceptors (Lipinski definition) is 4. The Bertz CT molecular complexity index is 468. The van der Waals surface area contributed by atoms with E-state index in [0.29, 0.717) is 22.7 Å². The number of piperidine rings is 1. The topological polar surface area (TPSA) is 64.8 Å². The van der Waals surface area contributed by atoms with Gasteiger partial charge in [-0.2, -0.15) is 0 Å². The summed E-state index contributed by atoms with van der Waals surface area (Å²) in [5.74, 6) is 0.900.